The molecule has 0 aliphatic rings. The van der Waals surface area contributed by atoms with E-state index in [1.807, 2.05) is 13.8 Å². The molecule has 0 saturated carbocycles. The molecule has 0 spiro atoms. The molecule has 1 atom stereocenters. The van der Waals surface area contributed by atoms with E-state index in [4.69, 9.17) is 4.74 Å². The normalized spacial score (nSPS) is 12.9. The molecular weight excluding hydrogens is 433 g/mol. The van der Waals surface area contributed by atoms with Crippen LogP contribution in [0.1, 0.15) is 60.7 Å². The minimum absolute atomic E-state index is 0.0785. The number of carbonyl (C=O) groups is 2. The monoisotopic (exact) mass is 458 g/mol. The number of anilines is 1. The first kappa shape index (κ1) is 24.6. The van der Waals surface area contributed by atoms with E-state index in [0.29, 0.717) is 24.3 Å². The molecule has 7 nitrogen and oxygen atoms in total. The van der Waals surface area contributed by atoms with Gasteiger partial charge in [0.05, 0.1) is 12.8 Å². The number of thiazole rings is 1. The molecule has 2 rings (SSSR count). The molecule has 31 heavy (non-hydrogen) atoms. The van der Waals surface area contributed by atoms with E-state index < -0.39 is 34.7 Å². The Balaban J connectivity index is 2.46. The molecule has 170 valence electrons. The van der Waals surface area contributed by atoms with Gasteiger partial charge in [0.1, 0.15) is 4.88 Å². The summed E-state index contributed by atoms with van der Waals surface area (Å²) in [6.07, 6.45) is 0.0660. The molecule has 0 saturated heterocycles. The van der Waals surface area contributed by atoms with Crippen LogP contribution in [0.5, 0.6) is 0 Å². The van der Waals surface area contributed by atoms with E-state index in [1.54, 1.807) is 30.8 Å². The third-order valence-corrected chi connectivity index (χ3v) is 5.70. The zero-order valence-corrected chi connectivity index (χ0v) is 18.8. The summed E-state index contributed by atoms with van der Waals surface area (Å²) >= 11 is 0.496. The lowest BCUT2D eigenvalue weighted by molar-refractivity contribution is -0.141. The molecule has 11 heteroatoms. The topological polar surface area (TPSA) is 77.3 Å². The van der Waals surface area contributed by atoms with Gasteiger partial charge < -0.3 is 4.74 Å². The average Bonchev–Trinajstić information content (AvgIpc) is 3.30. The van der Waals surface area contributed by atoms with Gasteiger partial charge in [0.2, 0.25) is 0 Å². The number of esters is 1. The van der Waals surface area contributed by atoms with Crippen LogP contribution in [0.2, 0.25) is 0 Å². The quantitative estimate of drug-likeness (QED) is 0.423. The average molecular weight is 459 g/mol. The number of hydrogen-bond acceptors (Lipinski definition) is 6. The summed E-state index contributed by atoms with van der Waals surface area (Å²) in [5.74, 6) is -1.66. The molecule has 1 amide bonds. The van der Waals surface area contributed by atoms with Crippen LogP contribution < -0.4 is 4.90 Å². The van der Waals surface area contributed by atoms with Crippen LogP contribution in [-0.2, 0) is 22.3 Å². The van der Waals surface area contributed by atoms with E-state index in [0.717, 1.165) is 11.3 Å². The predicted octanol–water partition coefficient (Wildman–Crippen LogP) is 4.71. The highest BCUT2D eigenvalue weighted by Crippen LogP contribution is 2.38. The van der Waals surface area contributed by atoms with Crippen LogP contribution in [0.25, 0.3) is 6.08 Å². The minimum atomic E-state index is -4.86. The van der Waals surface area contributed by atoms with E-state index in [1.165, 1.54) is 17.9 Å². The zero-order chi connectivity index (χ0) is 23.3. The number of aromatic nitrogens is 3. The fourth-order valence-electron chi connectivity index (χ4n) is 2.81. The van der Waals surface area contributed by atoms with Crippen LogP contribution >= 0.6 is 11.3 Å². The van der Waals surface area contributed by atoms with Gasteiger partial charge in [-0.1, -0.05) is 18.3 Å². The molecule has 0 bridgehead atoms. The van der Waals surface area contributed by atoms with Gasteiger partial charge >= 0.3 is 12.1 Å². The molecule has 0 radical (unpaired) electrons. The standard InChI is InChI=1S/C20H25F3N4O3S/c1-6-12(4)27(15(28)10-9-14-11-24-26(7-2)13(14)5)19-25-17(20(21,22)23)16(31-19)18(29)30-8-3/h9-12H,6-8H2,1-5H3/b10-9+/t12-/m1/s1. The number of carbonyl (C=O) groups excluding carboxylic acids is 2. The van der Waals surface area contributed by atoms with Gasteiger partial charge in [-0.25, -0.2) is 9.78 Å². The summed E-state index contributed by atoms with van der Waals surface area (Å²) in [4.78, 5) is 29.1. The van der Waals surface area contributed by atoms with E-state index in [9.17, 15) is 22.8 Å². The molecule has 2 aromatic heterocycles. The summed E-state index contributed by atoms with van der Waals surface area (Å²) in [7, 11) is 0. The van der Waals surface area contributed by atoms with Crippen molar-refractivity contribution in [1.29, 1.82) is 0 Å². The third-order valence-electron chi connectivity index (χ3n) is 4.67. The minimum Gasteiger partial charge on any atom is -0.462 e. The van der Waals surface area contributed by atoms with Gasteiger partial charge in [0.25, 0.3) is 5.91 Å². The number of nitrogens with zero attached hydrogens (tertiary/aromatic N) is 4. The Labute approximate surface area is 182 Å². The lowest BCUT2D eigenvalue weighted by Crippen LogP contribution is -2.37. The van der Waals surface area contributed by atoms with Crippen molar-refractivity contribution in [1.82, 2.24) is 14.8 Å². The van der Waals surface area contributed by atoms with Crippen molar-refractivity contribution >= 4 is 34.4 Å². The van der Waals surface area contributed by atoms with Crippen LogP contribution in [0, 0.1) is 6.92 Å². The number of amides is 1. The Kier molecular flexibility index (Phi) is 7.99. The second-order valence-electron chi connectivity index (χ2n) is 6.69. The Morgan fingerprint density at radius 1 is 1.32 bits per heavy atom. The first-order valence-electron chi connectivity index (χ1n) is 9.83. The fourth-order valence-corrected chi connectivity index (χ4v) is 3.89. The molecule has 0 unspecified atom stereocenters. The summed E-state index contributed by atoms with van der Waals surface area (Å²) in [6, 6.07) is -0.445. The molecule has 0 aliphatic carbocycles. The van der Waals surface area contributed by atoms with Crippen molar-refractivity contribution in [2.75, 3.05) is 11.5 Å². The lowest BCUT2D eigenvalue weighted by Gasteiger charge is -2.24. The van der Waals surface area contributed by atoms with Crippen LogP contribution in [0.3, 0.4) is 0 Å². The Morgan fingerprint density at radius 3 is 2.52 bits per heavy atom. The van der Waals surface area contributed by atoms with Gasteiger partial charge in [-0.15, -0.1) is 0 Å². The number of alkyl halides is 3. The fraction of sp³-hybridized carbons (Fsp3) is 0.500. The van der Waals surface area contributed by atoms with Crippen molar-refractivity contribution in [3.8, 4) is 0 Å². The number of ether oxygens (including phenoxy) is 1. The van der Waals surface area contributed by atoms with Gasteiger partial charge in [-0.3, -0.25) is 14.4 Å². The SMILES string of the molecule is CCOC(=O)c1sc(N(C(=O)/C=C/c2cnn(CC)c2C)[C@H](C)CC)nc1C(F)(F)F. The highest BCUT2D eigenvalue weighted by Gasteiger charge is 2.41. The van der Waals surface area contributed by atoms with Crippen LogP contribution in [-0.4, -0.2) is 39.3 Å². The summed E-state index contributed by atoms with van der Waals surface area (Å²) < 4.78 is 46.9. The van der Waals surface area contributed by atoms with Crippen molar-refractivity contribution < 1.29 is 27.5 Å². The smallest absolute Gasteiger partial charge is 0.435 e. The number of halogens is 3. The molecule has 2 heterocycles. The highest BCUT2D eigenvalue weighted by atomic mass is 32.1. The van der Waals surface area contributed by atoms with Crippen LogP contribution in [0.15, 0.2) is 12.3 Å². The first-order chi connectivity index (χ1) is 14.5. The maximum Gasteiger partial charge on any atom is 0.435 e. The van der Waals surface area contributed by atoms with Gasteiger partial charge in [-0.05, 0) is 40.2 Å². The van der Waals surface area contributed by atoms with Gasteiger partial charge in [0.15, 0.2) is 10.8 Å². The van der Waals surface area contributed by atoms with Crippen molar-refractivity contribution in [2.45, 2.75) is 59.8 Å². The van der Waals surface area contributed by atoms with E-state index >= 15 is 0 Å². The maximum atomic E-state index is 13.5. The summed E-state index contributed by atoms with van der Waals surface area (Å²) in [6.45, 7) is 9.38. The number of aryl methyl sites for hydroxylation is 1. The zero-order valence-electron chi connectivity index (χ0n) is 18.0. The highest BCUT2D eigenvalue weighted by molar-refractivity contribution is 7.17. The molecular formula is C20H25F3N4O3S. The Morgan fingerprint density at radius 2 is 2.00 bits per heavy atom. The first-order valence-corrected chi connectivity index (χ1v) is 10.6. The molecule has 0 aromatic carbocycles. The van der Waals surface area contributed by atoms with E-state index in [2.05, 4.69) is 10.1 Å². The predicted molar refractivity (Wildman–Crippen MR) is 112 cm³/mol. The number of hydrogen-bond donors (Lipinski definition) is 0. The summed E-state index contributed by atoms with van der Waals surface area (Å²) in [5.41, 5.74) is 0.234. The maximum absolute atomic E-state index is 13.5. The van der Waals surface area contributed by atoms with E-state index in [-0.39, 0.29) is 11.7 Å². The van der Waals surface area contributed by atoms with Crippen molar-refractivity contribution in [3.05, 3.63) is 34.1 Å². The van der Waals surface area contributed by atoms with Gasteiger partial charge in [0, 0.05) is 29.9 Å². The van der Waals surface area contributed by atoms with Crippen molar-refractivity contribution in [3.63, 3.8) is 0 Å². The molecule has 0 fully saturated rings. The third kappa shape index (κ3) is 5.52. The number of rotatable bonds is 8. The molecule has 0 aliphatic heterocycles. The second-order valence-corrected chi connectivity index (χ2v) is 7.67. The lowest BCUT2D eigenvalue weighted by atomic mass is 10.2. The molecule has 2 aromatic rings. The van der Waals surface area contributed by atoms with Crippen molar-refractivity contribution in [2.24, 2.45) is 0 Å². The summed E-state index contributed by atoms with van der Waals surface area (Å²) in [5, 5.41) is 3.99. The Hall–Kier alpha value is -2.69. The second kappa shape index (κ2) is 10.1. The largest absolute Gasteiger partial charge is 0.462 e. The van der Waals surface area contributed by atoms with Crippen LogP contribution in [0.4, 0.5) is 18.3 Å². The van der Waals surface area contributed by atoms with Gasteiger partial charge in [-0.2, -0.15) is 18.3 Å². The Bertz CT molecular complexity index is 966. The molecule has 0 N–H and O–H groups in total.